The summed E-state index contributed by atoms with van der Waals surface area (Å²) in [6.45, 7) is 3.94. The molecular weight excluding hydrogens is 410 g/mol. The molecule has 6 rings (SSSR count). The summed E-state index contributed by atoms with van der Waals surface area (Å²) in [6.07, 6.45) is 12.5. The summed E-state index contributed by atoms with van der Waals surface area (Å²) < 4.78 is 2.32. The van der Waals surface area contributed by atoms with E-state index in [1.807, 2.05) is 13.3 Å². The van der Waals surface area contributed by atoms with Gasteiger partial charge in [0.25, 0.3) is 0 Å². The third-order valence-electron chi connectivity index (χ3n) is 6.27. The number of imidazole rings is 1. The van der Waals surface area contributed by atoms with Gasteiger partial charge in [-0.2, -0.15) is 0 Å². The van der Waals surface area contributed by atoms with Crippen molar-refractivity contribution < 1.29 is 0 Å². The number of fused-ring (bicyclic) bond motifs is 2. The fourth-order valence-electron chi connectivity index (χ4n) is 4.54. The summed E-state index contributed by atoms with van der Waals surface area (Å²) in [6, 6.07) is 6.91. The van der Waals surface area contributed by atoms with Crippen LogP contribution in [0.25, 0.3) is 16.6 Å². The molecule has 1 saturated heterocycles. The van der Waals surface area contributed by atoms with Gasteiger partial charge >= 0.3 is 0 Å². The highest BCUT2D eigenvalue weighted by Crippen LogP contribution is 2.32. The number of aryl methyl sites for hydroxylation is 1. The molecule has 7 nitrogen and oxygen atoms in total. The minimum Gasteiger partial charge on any atom is -0.326 e. The Morgan fingerprint density at radius 2 is 1.97 bits per heavy atom. The largest absolute Gasteiger partial charge is 0.326 e. The quantitative estimate of drug-likeness (QED) is 0.489. The Balaban J connectivity index is 1.33. The molecule has 1 atom stereocenters. The molecular formula is C26H23N7. The van der Waals surface area contributed by atoms with Gasteiger partial charge in [-0.3, -0.25) is 4.98 Å². The molecule has 0 spiro atoms. The second-order valence-corrected chi connectivity index (χ2v) is 8.50. The molecule has 0 amide bonds. The molecule has 3 aromatic heterocycles. The number of aromatic nitrogens is 6. The van der Waals surface area contributed by atoms with Crippen LogP contribution in [0.1, 0.15) is 52.9 Å². The first-order chi connectivity index (χ1) is 16.2. The number of nitrogens with one attached hydrogen (secondary N) is 1. The summed E-state index contributed by atoms with van der Waals surface area (Å²) in [5, 5.41) is 3.50. The summed E-state index contributed by atoms with van der Waals surface area (Å²) in [5.74, 6) is 6.92. The molecule has 1 aliphatic heterocycles. The van der Waals surface area contributed by atoms with Crippen molar-refractivity contribution in [3.8, 4) is 11.8 Å². The van der Waals surface area contributed by atoms with Gasteiger partial charge in [0.05, 0.1) is 40.5 Å². The molecule has 1 aliphatic carbocycles. The van der Waals surface area contributed by atoms with E-state index in [0.29, 0.717) is 11.7 Å². The van der Waals surface area contributed by atoms with Crippen molar-refractivity contribution in [3.63, 3.8) is 0 Å². The van der Waals surface area contributed by atoms with Crippen molar-refractivity contribution in [1.82, 2.24) is 34.8 Å². The van der Waals surface area contributed by atoms with E-state index in [4.69, 9.17) is 4.98 Å². The Morgan fingerprint density at radius 1 is 1.06 bits per heavy atom. The van der Waals surface area contributed by atoms with Crippen LogP contribution >= 0.6 is 0 Å². The minimum absolute atomic E-state index is 0.441. The average molecular weight is 434 g/mol. The van der Waals surface area contributed by atoms with Crippen LogP contribution in [0.3, 0.4) is 0 Å². The number of rotatable bonds is 2. The van der Waals surface area contributed by atoms with E-state index in [2.05, 4.69) is 65.9 Å². The second-order valence-electron chi connectivity index (χ2n) is 8.50. The fourth-order valence-corrected chi connectivity index (χ4v) is 4.54. The number of piperidine rings is 1. The number of hydrogen-bond donors (Lipinski definition) is 1. The van der Waals surface area contributed by atoms with Crippen LogP contribution in [0, 0.1) is 18.8 Å². The van der Waals surface area contributed by atoms with E-state index in [1.54, 1.807) is 18.6 Å². The van der Waals surface area contributed by atoms with Crippen LogP contribution in [-0.4, -0.2) is 42.6 Å². The van der Waals surface area contributed by atoms with Crippen molar-refractivity contribution in [2.75, 3.05) is 13.1 Å². The van der Waals surface area contributed by atoms with E-state index in [1.165, 1.54) is 18.4 Å². The molecule has 1 N–H and O–H groups in total. The molecule has 0 saturated carbocycles. The highest BCUT2D eigenvalue weighted by atomic mass is 15.1. The van der Waals surface area contributed by atoms with Crippen molar-refractivity contribution in [2.45, 2.75) is 32.2 Å². The van der Waals surface area contributed by atoms with Crippen molar-refractivity contribution in [1.29, 1.82) is 0 Å². The normalized spacial score (nSPS) is 17.4. The predicted octanol–water partition coefficient (Wildman–Crippen LogP) is 3.24. The molecule has 162 valence electrons. The first kappa shape index (κ1) is 19.8. The van der Waals surface area contributed by atoms with Gasteiger partial charge in [0.1, 0.15) is 11.5 Å². The fraction of sp³-hybridized carbons (Fsp3) is 0.269. The van der Waals surface area contributed by atoms with Gasteiger partial charge in [0.2, 0.25) is 0 Å². The summed E-state index contributed by atoms with van der Waals surface area (Å²) in [4.78, 5) is 22.5. The molecule has 33 heavy (non-hydrogen) atoms. The molecule has 1 unspecified atom stereocenters. The maximum atomic E-state index is 4.85. The first-order valence-electron chi connectivity index (χ1n) is 11.3. The SMILES string of the molecule is Cc1ncc(C#Cc2cnc3c(n2)C(c2ccc4ncn(C5CCCNC5)c4c2)=CC3)cn1. The highest BCUT2D eigenvalue weighted by molar-refractivity contribution is 5.87. The maximum Gasteiger partial charge on any atom is 0.132 e. The van der Waals surface area contributed by atoms with Crippen molar-refractivity contribution in [3.05, 3.63) is 83.2 Å². The summed E-state index contributed by atoms with van der Waals surface area (Å²) in [7, 11) is 0. The molecule has 2 aliphatic rings. The van der Waals surface area contributed by atoms with Gasteiger partial charge in [0.15, 0.2) is 0 Å². The lowest BCUT2D eigenvalue weighted by molar-refractivity contribution is 0.378. The third-order valence-corrected chi connectivity index (χ3v) is 6.27. The Bertz CT molecular complexity index is 1430. The Morgan fingerprint density at radius 3 is 2.82 bits per heavy atom. The number of benzene rings is 1. The molecule has 1 aromatic carbocycles. The Labute approximate surface area is 192 Å². The standard InChI is InChI=1S/C26H23N7/c1-17-28-12-18(13-29-17)4-6-20-14-30-24-9-7-22(26(24)32-20)19-5-8-23-25(11-19)33(16-31-23)21-3-2-10-27-15-21/h5,7-8,11-14,16,21,27H,2-3,9-10,15H2,1H3. The molecule has 7 heteroatoms. The topological polar surface area (TPSA) is 81.4 Å². The lowest BCUT2D eigenvalue weighted by Crippen LogP contribution is -2.31. The van der Waals surface area contributed by atoms with Gasteiger partial charge in [-0.25, -0.2) is 19.9 Å². The zero-order valence-corrected chi connectivity index (χ0v) is 18.4. The Hall–Kier alpha value is -3.89. The van der Waals surface area contributed by atoms with Gasteiger partial charge in [-0.05, 0) is 49.9 Å². The van der Waals surface area contributed by atoms with E-state index in [9.17, 15) is 0 Å². The van der Waals surface area contributed by atoms with E-state index in [-0.39, 0.29) is 0 Å². The van der Waals surface area contributed by atoms with Crippen LogP contribution in [0.15, 0.2) is 49.2 Å². The smallest absolute Gasteiger partial charge is 0.132 e. The van der Waals surface area contributed by atoms with Gasteiger partial charge in [0, 0.05) is 37.0 Å². The molecule has 4 aromatic rings. The summed E-state index contributed by atoms with van der Waals surface area (Å²) >= 11 is 0. The average Bonchev–Trinajstić information content (AvgIpc) is 3.48. The van der Waals surface area contributed by atoms with Crippen LogP contribution in [0.5, 0.6) is 0 Å². The third kappa shape index (κ3) is 3.79. The van der Waals surface area contributed by atoms with Gasteiger partial charge in [-0.15, -0.1) is 0 Å². The first-order valence-corrected chi connectivity index (χ1v) is 11.3. The number of hydrogen-bond acceptors (Lipinski definition) is 6. The lowest BCUT2D eigenvalue weighted by atomic mass is 10.0. The van der Waals surface area contributed by atoms with Crippen LogP contribution in [0.4, 0.5) is 0 Å². The van der Waals surface area contributed by atoms with Crippen LogP contribution in [-0.2, 0) is 6.42 Å². The van der Waals surface area contributed by atoms with Crippen molar-refractivity contribution in [2.24, 2.45) is 0 Å². The molecule has 1 fully saturated rings. The van der Waals surface area contributed by atoms with Crippen LogP contribution in [0.2, 0.25) is 0 Å². The van der Waals surface area contributed by atoms with E-state index in [0.717, 1.165) is 58.9 Å². The predicted molar refractivity (Wildman–Crippen MR) is 126 cm³/mol. The maximum absolute atomic E-state index is 4.85. The number of nitrogens with zero attached hydrogens (tertiary/aromatic N) is 6. The molecule has 4 heterocycles. The zero-order chi connectivity index (χ0) is 22.2. The van der Waals surface area contributed by atoms with Crippen molar-refractivity contribution >= 4 is 16.6 Å². The highest BCUT2D eigenvalue weighted by Gasteiger charge is 2.21. The van der Waals surface area contributed by atoms with Crippen LogP contribution < -0.4 is 5.32 Å². The zero-order valence-electron chi connectivity index (χ0n) is 18.4. The second kappa shape index (κ2) is 8.23. The van der Waals surface area contributed by atoms with E-state index >= 15 is 0 Å². The van der Waals surface area contributed by atoms with Gasteiger partial charge in [-0.1, -0.05) is 18.1 Å². The Kier molecular flexibility index (Phi) is 4.93. The molecule has 0 radical (unpaired) electrons. The summed E-state index contributed by atoms with van der Waals surface area (Å²) in [5.41, 5.74) is 7.73. The van der Waals surface area contributed by atoms with Gasteiger partial charge < -0.3 is 9.88 Å². The lowest BCUT2D eigenvalue weighted by Gasteiger charge is -2.24. The van der Waals surface area contributed by atoms with E-state index < -0.39 is 0 Å². The minimum atomic E-state index is 0.441. The monoisotopic (exact) mass is 433 g/mol. The number of allylic oxidation sites excluding steroid dienone is 1. The molecule has 0 bridgehead atoms.